The Balaban J connectivity index is 1.96. The Hall–Kier alpha value is -2.03. The van der Waals surface area contributed by atoms with Crippen molar-refractivity contribution in [3.05, 3.63) is 53.5 Å². The van der Waals surface area contributed by atoms with Gasteiger partial charge in [-0.05, 0) is 48.7 Å². The maximum absolute atomic E-state index is 12.1. The quantitative estimate of drug-likeness (QED) is 0.742. The summed E-state index contributed by atoms with van der Waals surface area (Å²) < 4.78 is 10.6. The van der Waals surface area contributed by atoms with E-state index in [-0.39, 0.29) is 5.78 Å². The van der Waals surface area contributed by atoms with E-state index in [4.69, 9.17) is 9.15 Å². The van der Waals surface area contributed by atoms with Crippen LogP contribution in [0.1, 0.15) is 28.1 Å². The summed E-state index contributed by atoms with van der Waals surface area (Å²) in [6, 6.07) is 8.95. The highest BCUT2D eigenvalue weighted by atomic mass is 16.5. The fraction of sp³-hybridized carbons (Fsp3) is 0.214. The van der Waals surface area contributed by atoms with Gasteiger partial charge in [-0.1, -0.05) is 0 Å². The van der Waals surface area contributed by atoms with Crippen molar-refractivity contribution in [1.82, 2.24) is 0 Å². The Labute approximate surface area is 99.0 Å². The van der Waals surface area contributed by atoms with E-state index < -0.39 is 0 Å². The topological polar surface area (TPSA) is 39.4 Å². The zero-order valence-electron chi connectivity index (χ0n) is 9.31. The van der Waals surface area contributed by atoms with Crippen molar-refractivity contribution in [3.8, 4) is 5.75 Å². The molecule has 0 radical (unpaired) electrons. The van der Waals surface area contributed by atoms with Gasteiger partial charge in [0.25, 0.3) is 0 Å². The smallest absolute Gasteiger partial charge is 0.228 e. The van der Waals surface area contributed by atoms with Crippen LogP contribution >= 0.6 is 0 Å². The van der Waals surface area contributed by atoms with Crippen LogP contribution in [0.25, 0.3) is 0 Å². The van der Waals surface area contributed by atoms with Gasteiger partial charge in [-0.15, -0.1) is 0 Å². The van der Waals surface area contributed by atoms with E-state index in [1.54, 1.807) is 18.2 Å². The van der Waals surface area contributed by atoms with Gasteiger partial charge in [-0.2, -0.15) is 0 Å². The van der Waals surface area contributed by atoms with Crippen LogP contribution in [0.2, 0.25) is 0 Å². The highest BCUT2D eigenvalue weighted by molar-refractivity contribution is 6.07. The van der Waals surface area contributed by atoms with E-state index in [0.717, 1.165) is 30.8 Å². The first kappa shape index (κ1) is 10.1. The van der Waals surface area contributed by atoms with Gasteiger partial charge in [0.05, 0.1) is 12.9 Å². The van der Waals surface area contributed by atoms with Crippen molar-refractivity contribution in [1.29, 1.82) is 0 Å². The van der Waals surface area contributed by atoms with Crippen LogP contribution < -0.4 is 4.74 Å². The first-order chi connectivity index (χ1) is 8.34. The Morgan fingerprint density at radius 1 is 1.24 bits per heavy atom. The summed E-state index contributed by atoms with van der Waals surface area (Å²) in [6.45, 7) is 0.762. The van der Waals surface area contributed by atoms with Crippen molar-refractivity contribution in [3.63, 3.8) is 0 Å². The summed E-state index contributed by atoms with van der Waals surface area (Å²) in [5.41, 5.74) is 1.76. The largest absolute Gasteiger partial charge is 0.493 e. The molecule has 0 atom stereocenters. The molecule has 0 N–H and O–H groups in total. The number of carbonyl (C=O) groups excluding carboxylic acids is 1. The van der Waals surface area contributed by atoms with E-state index in [2.05, 4.69) is 0 Å². The van der Waals surface area contributed by atoms with Crippen molar-refractivity contribution < 1.29 is 13.9 Å². The second kappa shape index (κ2) is 4.09. The highest BCUT2D eigenvalue weighted by Crippen LogP contribution is 2.26. The summed E-state index contributed by atoms with van der Waals surface area (Å²) in [5.74, 6) is 1.19. The molecule has 0 saturated carbocycles. The van der Waals surface area contributed by atoms with Crippen LogP contribution in [-0.2, 0) is 6.42 Å². The van der Waals surface area contributed by atoms with Gasteiger partial charge in [0, 0.05) is 5.56 Å². The molecular weight excluding hydrogens is 216 g/mol. The van der Waals surface area contributed by atoms with Gasteiger partial charge in [0.2, 0.25) is 5.78 Å². The van der Waals surface area contributed by atoms with Crippen LogP contribution in [0.5, 0.6) is 5.75 Å². The molecule has 17 heavy (non-hydrogen) atoms. The molecule has 3 heteroatoms. The van der Waals surface area contributed by atoms with Crippen LogP contribution in [0.15, 0.2) is 41.0 Å². The predicted molar refractivity (Wildman–Crippen MR) is 62.4 cm³/mol. The zero-order chi connectivity index (χ0) is 11.7. The molecule has 1 aliphatic rings. The van der Waals surface area contributed by atoms with E-state index >= 15 is 0 Å². The van der Waals surface area contributed by atoms with Gasteiger partial charge in [-0.25, -0.2) is 0 Å². The molecule has 1 aromatic heterocycles. The lowest BCUT2D eigenvalue weighted by Crippen LogP contribution is -2.09. The molecule has 2 aromatic rings. The third-order valence-corrected chi connectivity index (χ3v) is 2.92. The maximum Gasteiger partial charge on any atom is 0.228 e. The first-order valence-electron chi connectivity index (χ1n) is 5.68. The number of hydrogen-bond donors (Lipinski definition) is 0. The molecular formula is C14H12O3. The second-order valence-corrected chi connectivity index (χ2v) is 4.08. The number of benzene rings is 1. The van der Waals surface area contributed by atoms with Gasteiger partial charge in [0.15, 0.2) is 5.76 Å². The van der Waals surface area contributed by atoms with Gasteiger partial charge < -0.3 is 9.15 Å². The van der Waals surface area contributed by atoms with E-state index in [9.17, 15) is 4.79 Å². The van der Waals surface area contributed by atoms with Crippen LogP contribution in [0, 0.1) is 0 Å². The van der Waals surface area contributed by atoms with E-state index in [1.807, 2.05) is 12.1 Å². The third-order valence-electron chi connectivity index (χ3n) is 2.92. The van der Waals surface area contributed by atoms with Gasteiger partial charge in [-0.3, -0.25) is 4.79 Å². The molecule has 0 bridgehead atoms. The average molecular weight is 228 g/mol. The molecule has 86 valence electrons. The van der Waals surface area contributed by atoms with Crippen molar-refractivity contribution in [2.24, 2.45) is 0 Å². The summed E-state index contributed by atoms with van der Waals surface area (Å²) in [7, 11) is 0. The Morgan fingerprint density at radius 3 is 3.00 bits per heavy atom. The van der Waals surface area contributed by atoms with Crippen molar-refractivity contribution >= 4 is 5.78 Å². The monoisotopic (exact) mass is 228 g/mol. The number of ether oxygens (including phenoxy) is 1. The Kier molecular flexibility index (Phi) is 2.44. The number of furan rings is 1. The number of carbonyl (C=O) groups is 1. The van der Waals surface area contributed by atoms with Gasteiger partial charge >= 0.3 is 0 Å². The standard InChI is InChI=1S/C14H12O3/c15-14(13-4-2-8-17-13)11-5-6-12-10(9-11)3-1-7-16-12/h2,4-6,8-9H,1,3,7H2. The third kappa shape index (κ3) is 1.84. The summed E-state index contributed by atoms with van der Waals surface area (Å²) in [6.07, 6.45) is 3.48. The van der Waals surface area contributed by atoms with Crippen LogP contribution in [0.4, 0.5) is 0 Å². The molecule has 3 nitrogen and oxygen atoms in total. The molecule has 0 aliphatic carbocycles. The normalized spacial score (nSPS) is 13.9. The van der Waals surface area contributed by atoms with E-state index in [1.165, 1.54) is 6.26 Å². The number of hydrogen-bond acceptors (Lipinski definition) is 3. The summed E-state index contributed by atoms with van der Waals surface area (Å²) in [4.78, 5) is 12.1. The summed E-state index contributed by atoms with van der Waals surface area (Å²) >= 11 is 0. The second-order valence-electron chi connectivity index (χ2n) is 4.08. The van der Waals surface area contributed by atoms with Gasteiger partial charge in [0.1, 0.15) is 5.75 Å². The number of aryl methyl sites for hydroxylation is 1. The number of rotatable bonds is 2. The Morgan fingerprint density at radius 2 is 2.18 bits per heavy atom. The molecule has 0 amide bonds. The minimum Gasteiger partial charge on any atom is -0.493 e. The zero-order valence-corrected chi connectivity index (χ0v) is 9.31. The molecule has 0 spiro atoms. The van der Waals surface area contributed by atoms with Crippen LogP contribution in [0.3, 0.4) is 0 Å². The average Bonchev–Trinajstić information content (AvgIpc) is 2.91. The SMILES string of the molecule is O=C(c1ccc2c(c1)CCCO2)c1ccco1. The Bertz CT molecular complexity index is 541. The van der Waals surface area contributed by atoms with Crippen molar-refractivity contribution in [2.75, 3.05) is 6.61 Å². The molecule has 2 heterocycles. The molecule has 1 aromatic carbocycles. The molecule has 1 aliphatic heterocycles. The fourth-order valence-electron chi connectivity index (χ4n) is 2.05. The fourth-order valence-corrected chi connectivity index (χ4v) is 2.05. The molecule has 0 saturated heterocycles. The molecule has 0 fully saturated rings. The van der Waals surface area contributed by atoms with Crippen LogP contribution in [-0.4, -0.2) is 12.4 Å². The summed E-state index contributed by atoms with van der Waals surface area (Å²) in [5, 5.41) is 0. The highest BCUT2D eigenvalue weighted by Gasteiger charge is 2.16. The minimum atomic E-state index is -0.0802. The minimum absolute atomic E-state index is 0.0802. The number of ketones is 1. The molecule has 3 rings (SSSR count). The number of fused-ring (bicyclic) bond motifs is 1. The lowest BCUT2D eigenvalue weighted by molar-refractivity contribution is 0.101. The van der Waals surface area contributed by atoms with E-state index in [0.29, 0.717) is 11.3 Å². The maximum atomic E-state index is 12.1. The van der Waals surface area contributed by atoms with Crippen molar-refractivity contribution in [2.45, 2.75) is 12.8 Å². The lowest BCUT2D eigenvalue weighted by atomic mass is 10.0. The predicted octanol–water partition coefficient (Wildman–Crippen LogP) is 2.84. The molecule has 0 unspecified atom stereocenters. The first-order valence-corrected chi connectivity index (χ1v) is 5.68. The lowest BCUT2D eigenvalue weighted by Gasteiger charge is -2.17.